The van der Waals surface area contributed by atoms with Gasteiger partial charge in [-0.25, -0.2) is 13.4 Å². The minimum Gasteiger partial charge on any atom is -0.444 e. The molecule has 102 valence electrons. The Kier molecular flexibility index (Phi) is 3.90. The van der Waals surface area contributed by atoms with Gasteiger partial charge in [0, 0.05) is 23.5 Å². The molecule has 2 rings (SSSR count). The Hall–Kier alpha value is -1.82. The molecule has 5 nitrogen and oxygen atoms in total. The highest BCUT2D eigenvalue weighted by molar-refractivity contribution is 7.90. The quantitative estimate of drug-likeness (QED) is 0.909. The molecule has 0 radical (unpaired) electrons. The fourth-order valence-corrected chi connectivity index (χ4v) is 2.86. The number of hydrogen-bond donors (Lipinski definition) is 1. The Morgan fingerprint density at radius 1 is 1.32 bits per heavy atom. The van der Waals surface area contributed by atoms with Crippen molar-refractivity contribution < 1.29 is 12.8 Å². The van der Waals surface area contributed by atoms with Crippen molar-refractivity contribution in [2.75, 3.05) is 17.3 Å². The Bertz CT molecular complexity index is 618. The van der Waals surface area contributed by atoms with Gasteiger partial charge in [-0.1, -0.05) is 0 Å². The molecule has 0 aliphatic carbocycles. The largest absolute Gasteiger partial charge is 0.444 e. The predicted molar refractivity (Wildman–Crippen MR) is 74.7 cm³/mol. The van der Waals surface area contributed by atoms with E-state index in [1.807, 2.05) is 31.2 Å². The molecule has 0 bridgehead atoms. The van der Waals surface area contributed by atoms with Gasteiger partial charge in [-0.2, -0.15) is 0 Å². The van der Waals surface area contributed by atoms with Crippen molar-refractivity contribution in [1.29, 1.82) is 0 Å². The van der Waals surface area contributed by atoms with Gasteiger partial charge in [-0.15, -0.1) is 0 Å². The zero-order valence-electron chi connectivity index (χ0n) is 10.8. The van der Waals surface area contributed by atoms with E-state index in [9.17, 15) is 8.42 Å². The van der Waals surface area contributed by atoms with E-state index in [0.717, 1.165) is 11.3 Å². The second-order valence-electron chi connectivity index (χ2n) is 4.58. The third-order valence-corrected chi connectivity index (χ3v) is 3.67. The molecule has 0 fully saturated rings. The van der Waals surface area contributed by atoms with Crippen LogP contribution in [-0.2, 0) is 9.84 Å². The van der Waals surface area contributed by atoms with Crippen LogP contribution in [0.25, 0.3) is 11.3 Å². The number of nitrogens with one attached hydrogen (secondary N) is 1. The highest BCUT2D eigenvalue weighted by Crippen LogP contribution is 2.21. The lowest BCUT2D eigenvalue weighted by atomic mass is 10.1. The van der Waals surface area contributed by atoms with Crippen LogP contribution in [0.1, 0.15) is 6.92 Å². The van der Waals surface area contributed by atoms with Gasteiger partial charge in [0.1, 0.15) is 9.84 Å². The van der Waals surface area contributed by atoms with Crippen molar-refractivity contribution >= 4 is 15.5 Å². The van der Waals surface area contributed by atoms with E-state index >= 15 is 0 Å². The molecule has 1 atom stereocenters. The third-order valence-electron chi connectivity index (χ3n) is 2.57. The average molecular weight is 280 g/mol. The smallest absolute Gasteiger partial charge is 0.181 e. The highest BCUT2D eigenvalue weighted by Gasteiger charge is 2.10. The number of hydrogen-bond acceptors (Lipinski definition) is 5. The molecule has 6 heteroatoms. The van der Waals surface area contributed by atoms with Gasteiger partial charge in [0.25, 0.3) is 0 Å². The summed E-state index contributed by atoms with van der Waals surface area (Å²) >= 11 is 0. The first-order valence-electron chi connectivity index (χ1n) is 5.87. The minimum absolute atomic E-state index is 0.108. The van der Waals surface area contributed by atoms with Crippen LogP contribution in [0.15, 0.2) is 41.3 Å². The van der Waals surface area contributed by atoms with Gasteiger partial charge >= 0.3 is 0 Å². The van der Waals surface area contributed by atoms with Crippen molar-refractivity contribution in [3.05, 3.63) is 36.9 Å². The first-order valence-corrected chi connectivity index (χ1v) is 7.93. The summed E-state index contributed by atoms with van der Waals surface area (Å²) in [5, 5.41) is 3.15. The summed E-state index contributed by atoms with van der Waals surface area (Å²) in [6.07, 6.45) is 4.27. The fraction of sp³-hybridized carbons (Fsp3) is 0.308. The maximum absolute atomic E-state index is 11.2. The maximum Gasteiger partial charge on any atom is 0.181 e. The van der Waals surface area contributed by atoms with Gasteiger partial charge in [0.2, 0.25) is 0 Å². The second kappa shape index (κ2) is 5.44. The Balaban J connectivity index is 2.03. The van der Waals surface area contributed by atoms with Gasteiger partial charge < -0.3 is 9.73 Å². The summed E-state index contributed by atoms with van der Waals surface area (Å²) in [4.78, 5) is 3.86. The lowest BCUT2D eigenvalue weighted by Crippen LogP contribution is -2.24. The summed E-state index contributed by atoms with van der Waals surface area (Å²) in [7, 11) is -2.97. The lowest BCUT2D eigenvalue weighted by molar-refractivity contribution is 0.572. The molecule has 0 saturated carbocycles. The molecular weight excluding hydrogens is 264 g/mol. The van der Waals surface area contributed by atoms with E-state index in [-0.39, 0.29) is 11.8 Å². The van der Waals surface area contributed by atoms with Crippen LogP contribution in [-0.4, -0.2) is 31.5 Å². The zero-order chi connectivity index (χ0) is 13.9. The van der Waals surface area contributed by atoms with E-state index in [1.54, 1.807) is 6.20 Å². The molecule has 2 aromatic rings. The molecule has 19 heavy (non-hydrogen) atoms. The van der Waals surface area contributed by atoms with Crippen molar-refractivity contribution in [3.63, 3.8) is 0 Å². The first kappa shape index (κ1) is 13.6. The topological polar surface area (TPSA) is 72.2 Å². The van der Waals surface area contributed by atoms with Crippen LogP contribution in [0.3, 0.4) is 0 Å². The van der Waals surface area contributed by atoms with Gasteiger partial charge in [-0.3, -0.25) is 0 Å². The molecule has 0 saturated heterocycles. The van der Waals surface area contributed by atoms with E-state index in [0.29, 0.717) is 5.76 Å². The molecular formula is C13H16N2O3S. The first-order chi connectivity index (χ1) is 8.94. The Morgan fingerprint density at radius 3 is 2.53 bits per heavy atom. The maximum atomic E-state index is 11.2. The predicted octanol–water partition coefficient (Wildman–Crippen LogP) is 2.19. The summed E-state index contributed by atoms with van der Waals surface area (Å²) in [5.74, 6) is 0.812. The number of nitrogens with zero attached hydrogens (tertiary/aromatic N) is 1. The lowest BCUT2D eigenvalue weighted by Gasteiger charge is -2.14. The molecule has 0 spiro atoms. The number of anilines is 1. The SMILES string of the molecule is CC(CS(C)(=O)=O)Nc1ccc(-c2cnco2)cc1. The molecule has 0 amide bonds. The molecule has 1 heterocycles. The molecule has 1 aromatic heterocycles. The van der Waals surface area contributed by atoms with E-state index in [1.165, 1.54) is 12.6 Å². The molecule has 1 N–H and O–H groups in total. The van der Waals surface area contributed by atoms with Crippen molar-refractivity contribution in [3.8, 4) is 11.3 Å². The Labute approximate surface area is 112 Å². The molecule has 0 aliphatic rings. The van der Waals surface area contributed by atoms with E-state index in [4.69, 9.17) is 4.42 Å². The number of benzene rings is 1. The van der Waals surface area contributed by atoms with Gasteiger partial charge in [0.05, 0.1) is 11.9 Å². The summed E-state index contributed by atoms with van der Waals surface area (Å²) < 4.78 is 27.6. The van der Waals surface area contributed by atoms with Crippen LogP contribution in [0.2, 0.25) is 0 Å². The summed E-state index contributed by atoms with van der Waals surface area (Å²) in [6.45, 7) is 1.84. The number of sulfone groups is 1. The molecule has 1 unspecified atom stereocenters. The van der Waals surface area contributed by atoms with Crippen molar-refractivity contribution in [2.24, 2.45) is 0 Å². The monoisotopic (exact) mass is 280 g/mol. The number of rotatable bonds is 5. The van der Waals surface area contributed by atoms with Crippen LogP contribution in [0.5, 0.6) is 0 Å². The third kappa shape index (κ3) is 4.10. The number of aromatic nitrogens is 1. The van der Waals surface area contributed by atoms with E-state index < -0.39 is 9.84 Å². The van der Waals surface area contributed by atoms with Crippen LogP contribution in [0, 0.1) is 0 Å². The van der Waals surface area contributed by atoms with Gasteiger partial charge in [0.15, 0.2) is 12.2 Å². The van der Waals surface area contributed by atoms with Crippen molar-refractivity contribution in [2.45, 2.75) is 13.0 Å². The van der Waals surface area contributed by atoms with Crippen molar-refractivity contribution in [1.82, 2.24) is 4.98 Å². The summed E-state index contributed by atoms with van der Waals surface area (Å²) in [5.41, 5.74) is 1.80. The fourth-order valence-electron chi connectivity index (χ4n) is 1.87. The standard InChI is InChI=1S/C13H16N2O3S/c1-10(8-19(2,16)17)15-12-5-3-11(4-6-12)13-7-14-9-18-13/h3-7,9-10,15H,8H2,1-2H3. The minimum atomic E-state index is -2.97. The van der Waals surface area contributed by atoms with E-state index in [2.05, 4.69) is 10.3 Å². The average Bonchev–Trinajstić information content (AvgIpc) is 2.80. The summed E-state index contributed by atoms with van der Waals surface area (Å²) in [6, 6.07) is 7.44. The normalized spacial score (nSPS) is 13.2. The molecule has 0 aliphatic heterocycles. The van der Waals surface area contributed by atoms with Crippen LogP contribution >= 0.6 is 0 Å². The number of oxazole rings is 1. The highest BCUT2D eigenvalue weighted by atomic mass is 32.2. The van der Waals surface area contributed by atoms with Gasteiger partial charge in [-0.05, 0) is 31.2 Å². The van der Waals surface area contributed by atoms with Crippen LogP contribution in [0.4, 0.5) is 5.69 Å². The zero-order valence-corrected chi connectivity index (χ0v) is 11.6. The Morgan fingerprint density at radius 2 is 2.00 bits per heavy atom. The molecule has 1 aromatic carbocycles. The second-order valence-corrected chi connectivity index (χ2v) is 6.77. The van der Waals surface area contributed by atoms with Crippen LogP contribution < -0.4 is 5.32 Å².